The molecular formula is C14H19NO2. The fourth-order valence-electron chi connectivity index (χ4n) is 2.99. The van der Waals surface area contributed by atoms with Crippen molar-refractivity contribution < 1.29 is 10.2 Å². The normalized spacial score (nSPS) is 31.0. The Kier molecular flexibility index (Phi) is 2.81. The number of rotatable bonds is 3. The largest absolute Gasteiger partial charge is 0.508 e. The molecule has 0 aliphatic heterocycles. The van der Waals surface area contributed by atoms with E-state index in [0.29, 0.717) is 17.7 Å². The van der Waals surface area contributed by atoms with Crippen LogP contribution in [0.2, 0.25) is 0 Å². The van der Waals surface area contributed by atoms with Crippen LogP contribution in [-0.2, 0) is 6.42 Å². The number of nitrogens with one attached hydrogen (secondary N) is 1. The molecule has 0 bridgehead atoms. The molecule has 0 radical (unpaired) electrons. The van der Waals surface area contributed by atoms with Gasteiger partial charge in [-0.15, -0.1) is 0 Å². The summed E-state index contributed by atoms with van der Waals surface area (Å²) in [6.07, 6.45) is 4.00. The van der Waals surface area contributed by atoms with Gasteiger partial charge in [-0.3, -0.25) is 0 Å². The number of aliphatic hydroxyl groups is 1. The first kappa shape index (κ1) is 11.1. The quantitative estimate of drug-likeness (QED) is 0.745. The van der Waals surface area contributed by atoms with Crippen LogP contribution in [0.4, 0.5) is 0 Å². The molecular weight excluding hydrogens is 214 g/mol. The van der Waals surface area contributed by atoms with Crippen molar-refractivity contribution in [1.29, 1.82) is 0 Å². The first-order chi connectivity index (χ1) is 8.22. The van der Waals surface area contributed by atoms with Crippen molar-refractivity contribution in [1.82, 2.24) is 5.32 Å². The van der Waals surface area contributed by atoms with E-state index in [2.05, 4.69) is 5.32 Å². The van der Waals surface area contributed by atoms with Crippen molar-refractivity contribution in [3.63, 3.8) is 0 Å². The zero-order valence-electron chi connectivity index (χ0n) is 9.89. The summed E-state index contributed by atoms with van der Waals surface area (Å²) in [5.41, 5.74) is 2.61. The van der Waals surface area contributed by atoms with E-state index in [1.54, 1.807) is 6.07 Å². The number of benzene rings is 1. The number of phenols is 1. The fraction of sp³-hybridized carbons (Fsp3) is 0.571. The predicted molar refractivity (Wildman–Crippen MR) is 65.9 cm³/mol. The Balaban J connectivity index is 1.60. The lowest BCUT2D eigenvalue weighted by Crippen LogP contribution is -2.37. The van der Waals surface area contributed by atoms with Crippen LogP contribution < -0.4 is 5.32 Å². The highest BCUT2D eigenvalue weighted by atomic mass is 16.3. The molecule has 1 aromatic carbocycles. The standard InChI is InChI=1S/C14H19NO2/c16-11-2-3-13-10(7-11)1-4-14(13)15-8-9-5-12(17)6-9/h2-3,7,9,12,14-17H,1,4-6,8H2. The minimum atomic E-state index is -0.0605. The maximum Gasteiger partial charge on any atom is 0.115 e. The van der Waals surface area contributed by atoms with Crippen molar-refractivity contribution in [3.05, 3.63) is 29.3 Å². The van der Waals surface area contributed by atoms with E-state index < -0.39 is 0 Å². The first-order valence-corrected chi connectivity index (χ1v) is 6.45. The Hall–Kier alpha value is -1.06. The average Bonchev–Trinajstić information content (AvgIpc) is 2.65. The molecule has 1 saturated carbocycles. The Labute approximate surface area is 101 Å². The van der Waals surface area contributed by atoms with Crippen molar-refractivity contribution >= 4 is 0 Å². The van der Waals surface area contributed by atoms with Gasteiger partial charge in [0.05, 0.1) is 6.10 Å². The summed E-state index contributed by atoms with van der Waals surface area (Å²) in [5, 5.41) is 22.3. The van der Waals surface area contributed by atoms with Crippen LogP contribution in [0.25, 0.3) is 0 Å². The second-order valence-electron chi connectivity index (χ2n) is 5.37. The molecule has 3 N–H and O–H groups in total. The van der Waals surface area contributed by atoms with Gasteiger partial charge in [0.25, 0.3) is 0 Å². The monoisotopic (exact) mass is 233 g/mol. The molecule has 0 heterocycles. The van der Waals surface area contributed by atoms with Gasteiger partial charge in [0, 0.05) is 6.04 Å². The maximum atomic E-state index is 9.43. The minimum Gasteiger partial charge on any atom is -0.508 e. The SMILES string of the molecule is Oc1ccc2c(c1)CCC2NCC1CC(O)C1. The summed E-state index contributed by atoms with van der Waals surface area (Å²) in [6.45, 7) is 1.00. The van der Waals surface area contributed by atoms with Crippen LogP contribution >= 0.6 is 0 Å². The molecule has 1 atom stereocenters. The Bertz CT molecular complexity index is 413. The average molecular weight is 233 g/mol. The highest BCUT2D eigenvalue weighted by Crippen LogP contribution is 2.34. The van der Waals surface area contributed by atoms with E-state index in [1.165, 1.54) is 11.1 Å². The lowest BCUT2D eigenvalue weighted by Gasteiger charge is -2.32. The molecule has 1 aromatic rings. The molecule has 3 heteroatoms. The van der Waals surface area contributed by atoms with Gasteiger partial charge in [0.15, 0.2) is 0 Å². The Morgan fingerprint density at radius 3 is 2.88 bits per heavy atom. The second kappa shape index (κ2) is 4.31. The van der Waals surface area contributed by atoms with Gasteiger partial charge < -0.3 is 15.5 Å². The number of phenolic OH excluding ortho intramolecular Hbond substituents is 1. The number of hydrogen-bond acceptors (Lipinski definition) is 3. The summed E-state index contributed by atoms with van der Waals surface area (Å²) in [6, 6.07) is 6.12. The van der Waals surface area contributed by atoms with Gasteiger partial charge in [-0.2, -0.15) is 0 Å². The van der Waals surface area contributed by atoms with Crippen molar-refractivity contribution in [3.8, 4) is 5.75 Å². The molecule has 3 nitrogen and oxygen atoms in total. The van der Waals surface area contributed by atoms with Crippen LogP contribution in [0.15, 0.2) is 18.2 Å². The highest BCUT2D eigenvalue weighted by molar-refractivity contribution is 5.40. The molecule has 17 heavy (non-hydrogen) atoms. The van der Waals surface area contributed by atoms with E-state index in [4.69, 9.17) is 0 Å². The first-order valence-electron chi connectivity index (χ1n) is 6.45. The number of aromatic hydroxyl groups is 1. The molecule has 92 valence electrons. The zero-order chi connectivity index (χ0) is 11.8. The molecule has 0 saturated heterocycles. The number of fused-ring (bicyclic) bond motifs is 1. The van der Waals surface area contributed by atoms with Crippen LogP contribution in [0.3, 0.4) is 0 Å². The van der Waals surface area contributed by atoms with Crippen LogP contribution in [-0.4, -0.2) is 22.9 Å². The van der Waals surface area contributed by atoms with E-state index in [9.17, 15) is 10.2 Å². The summed E-state index contributed by atoms with van der Waals surface area (Å²) < 4.78 is 0. The number of aryl methyl sites for hydroxylation is 1. The third-order valence-corrected chi connectivity index (χ3v) is 4.07. The lowest BCUT2D eigenvalue weighted by molar-refractivity contribution is 0.0418. The third-order valence-electron chi connectivity index (χ3n) is 4.07. The molecule has 0 spiro atoms. The van der Waals surface area contributed by atoms with E-state index >= 15 is 0 Å². The van der Waals surface area contributed by atoms with Gasteiger partial charge in [-0.1, -0.05) is 6.07 Å². The van der Waals surface area contributed by atoms with Crippen LogP contribution in [0, 0.1) is 5.92 Å². The predicted octanol–water partition coefficient (Wildman–Crippen LogP) is 1.74. The second-order valence-corrected chi connectivity index (χ2v) is 5.37. The molecule has 3 rings (SSSR count). The van der Waals surface area contributed by atoms with Crippen LogP contribution in [0.5, 0.6) is 5.75 Å². The topological polar surface area (TPSA) is 52.5 Å². The summed E-state index contributed by atoms with van der Waals surface area (Å²) in [7, 11) is 0. The van der Waals surface area contributed by atoms with Gasteiger partial charge in [-0.25, -0.2) is 0 Å². The van der Waals surface area contributed by atoms with Gasteiger partial charge in [0.1, 0.15) is 5.75 Å². The van der Waals surface area contributed by atoms with Crippen LogP contribution in [0.1, 0.15) is 36.4 Å². The molecule has 2 aliphatic carbocycles. The zero-order valence-corrected chi connectivity index (χ0v) is 9.89. The van der Waals surface area contributed by atoms with E-state index in [0.717, 1.165) is 32.2 Å². The van der Waals surface area contributed by atoms with Crippen molar-refractivity contribution in [2.24, 2.45) is 5.92 Å². The summed E-state index contributed by atoms with van der Waals surface area (Å²) in [5.74, 6) is 1.01. The lowest BCUT2D eigenvalue weighted by atomic mass is 9.82. The molecule has 2 aliphatic rings. The minimum absolute atomic E-state index is 0.0605. The number of aliphatic hydroxyl groups excluding tert-OH is 1. The molecule has 0 aromatic heterocycles. The smallest absolute Gasteiger partial charge is 0.115 e. The molecule has 1 fully saturated rings. The number of hydrogen-bond donors (Lipinski definition) is 3. The highest BCUT2D eigenvalue weighted by Gasteiger charge is 2.29. The van der Waals surface area contributed by atoms with Crippen molar-refractivity contribution in [2.45, 2.75) is 37.8 Å². The van der Waals surface area contributed by atoms with E-state index in [-0.39, 0.29) is 6.10 Å². The molecule has 0 amide bonds. The Morgan fingerprint density at radius 1 is 1.29 bits per heavy atom. The summed E-state index contributed by atoms with van der Waals surface area (Å²) in [4.78, 5) is 0. The fourth-order valence-corrected chi connectivity index (χ4v) is 2.99. The Morgan fingerprint density at radius 2 is 2.12 bits per heavy atom. The maximum absolute atomic E-state index is 9.43. The van der Waals surface area contributed by atoms with Gasteiger partial charge in [0.2, 0.25) is 0 Å². The van der Waals surface area contributed by atoms with Gasteiger partial charge in [-0.05, 0) is 61.4 Å². The summed E-state index contributed by atoms with van der Waals surface area (Å²) >= 11 is 0. The third kappa shape index (κ3) is 2.17. The van der Waals surface area contributed by atoms with Gasteiger partial charge >= 0.3 is 0 Å². The van der Waals surface area contributed by atoms with E-state index in [1.807, 2.05) is 12.1 Å². The van der Waals surface area contributed by atoms with Crippen molar-refractivity contribution in [2.75, 3.05) is 6.54 Å². The molecule has 1 unspecified atom stereocenters.